The minimum Gasteiger partial charge on any atom is -0.546 e. The third kappa shape index (κ3) is 6.23. The monoisotopic (exact) mass is 226 g/mol. The Kier molecular flexibility index (Phi) is 9.34. The summed E-state index contributed by atoms with van der Waals surface area (Å²) < 4.78 is 4.80. The first kappa shape index (κ1) is 16.2. The van der Waals surface area contributed by atoms with Crippen molar-refractivity contribution in [1.29, 1.82) is 0 Å². The summed E-state index contributed by atoms with van der Waals surface area (Å²) >= 11 is 5.59. The van der Waals surface area contributed by atoms with Gasteiger partial charge in [0.2, 0.25) is 0 Å². The molecule has 1 aromatic rings. The summed E-state index contributed by atoms with van der Waals surface area (Å²) in [5, 5.41) is 10.6. The van der Waals surface area contributed by atoms with E-state index >= 15 is 0 Å². The van der Waals surface area contributed by atoms with Crippen LogP contribution in [0.15, 0.2) is 24.3 Å². The summed E-state index contributed by atoms with van der Waals surface area (Å²) in [4.78, 5) is 9.98. The Balaban J connectivity index is 0. The molecule has 0 fully saturated rings. The molecule has 4 nitrogen and oxygen atoms in total. The number of carbonyl (C=O) groups excluding carboxylic acids is 1. The topological polar surface area (TPSA) is 80.9 Å². The molecule has 0 unspecified atom stereocenters. The van der Waals surface area contributed by atoms with E-state index in [4.69, 9.17) is 16.3 Å². The van der Waals surface area contributed by atoms with E-state index in [1.807, 2.05) is 0 Å². The van der Waals surface area contributed by atoms with E-state index in [1.54, 1.807) is 24.3 Å². The molecule has 2 N–H and O–H groups in total. The van der Waals surface area contributed by atoms with Gasteiger partial charge in [-0.3, -0.25) is 0 Å². The number of rotatable bonds is 3. The molecule has 0 saturated heterocycles. The van der Waals surface area contributed by atoms with Crippen molar-refractivity contribution in [2.45, 2.75) is 0 Å². The zero-order valence-electron chi connectivity index (χ0n) is 7.62. The van der Waals surface area contributed by atoms with Crippen molar-refractivity contribution in [3.8, 4) is 5.75 Å². The minimum atomic E-state index is -1.25. The van der Waals surface area contributed by atoms with Crippen molar-refractivity contribution in [1.82, 2.24) is 0 Å². The fourth-order valence-electron chi connectivity index (χ4n) is 0.673. The van der Waals surface area contributed by atoms with Gasteiger partial charge >= 0.3 is 29.6 Å². The maximum absolute atomic E-state index is 9.98. The zero-order chi connectivity index (χ0) is 8.97. The molecule has 0 aliphatic carbocycles. The van der Waals surface area contributed by atoms with Gasteiger partial charge < -0.3 is 20.1 Å². The molecular weight excluding hydrogens is 219 g/mol. The third-order valence-electron chi connectivity index (χ3n) is 1.17. The molecule has 0 aliphatic rings. The molecule has 72 valence electrons. The van der Waals surface area contributed by atoms with Crippen LogP contribution in [-0.4, -0.2) is 18.1 Å². The Morgan fingerprint density at radius 2 is 1.86 bits per heavy atom. The predicted molar refractivity (Wildman–Crippen MR) is 45.6 cm³/mol. The molecule has 6 heteroatoms. The SMILES string of the molecule is O.O=C([O-])COc1ccc(Cl)cc1.[Na+]. The first-order valence-electron chi connectivity index (χ1n) is 3.26. The van der Waals surface area contributed by atoms with Gasteiger partial charge in [-0.15, -0.1) is 0 Å². The van der Waals surface area contributed by atoms with Gasteiger partial charge in [0, 0.05) is 5.02 Å². The molecule has 0 heterocycles. The third-order valence-corrected chi connectivity index (χ3v) is 1.42. The maximum atomic E-state index is 9.98. The van der Waals surface area contributed by atoms with E-state index in [2.05, 4.69) is 0 Å². The van der Waals surface area contributed by atoms with Gasteiger partial charge in [0.05, 0.1) is 5.97 Å². The van der Waals surface area contributed by atoms with Crippen LogP contribution < -0.4 is 39.4 Å². The summed E-state index contributed by atoms with van der Waals surface area (Å²) in [5.74, 6) is -0.784. The number of ether oxygens (including phenoxy) is 1. The standard InChI is InChI=1S/C8H7ClO3.Na.H2O/c9-6-1-3-7(4-2-6)12-5-8(10)11;;/h1-4H,5H2,(H,10,11);;1H2/q;+1;/p-1. The molecule has 0 radical (unpaired) electrons. The molecule has 1 aromatic carbocycles. The molecule has 0 amide bonds. The Hall–Kier alpha value is -0.260. The Morgan fingerprint density at radius 3 is 2.29 bits per heavy atom. The van der Waals surface area contributed by atoms with Crippen molar-refractivity contribution >= 4 is 17.6 Å². The van der Waals surface area contributed by atoms with Crippen molar-refractivity contribution in [2.75, 3.05) is 6.61 Å². The van der Waals surface area contributed by atoms with Gasteiger partial charge in [-0.1, -0.05) is 11.6 Å². The Bertz CT molecular complexity index is 275. The van der Waals surface area contributed by atoms with Gasteiger partial charge in [0.15, 0.2) is 0 Å². The van der Waals surface area contributed by atoms with Crippen LogP contribution in [0.1, 0.15) is 0 Å². The number of benzene rings is 1. The molecule has 14 heavy (non-hydrogen) atoms. The summed E-state index contributed by atoms with van der Waals surface area (Å²) in [7, 11) is 0. The predicted octanol–water partition coefficient (Wildman–Crippen LogP) is -3.35. The van der Waals surface area contributed by atoms with Gasteiger partial charge in [0.25, 0.3) is 0 Å². The molecule has 0 atom stereocenters. The quantitative estimate of drug-likeness (QED) is 0.505. The molecule has 0 aliphatic heterocycles. The number of aliphatic carboxylic acids is 1. The smallest absolute Gasteiger partial charge is 0.546 e. The fraction of sp³-hybridized carbons (Fsp3) is 0.125. The van der Waals surface area contributed by atoms with Crippen LogP contribution >= 0.6 is 11.6 Å². The van der Waals surface area contributed by atoms with Crippen molar-refractivity contribution in [3.05, 3.63) is 29.3 Å². The van der Waals surface area contributed by atoms with Crippen LogP contribution in [-0.2, 0) is 4.79 Å². The van der Waals surface area contributed by atoms with E-state index in [0.29, 0.717) is 10.8 Å². The van der Waals surface area contributed by atoms with Crippen molar-refractivity contribution < 1.29 is 49.7 Å². The summed E-state index contributed by atoms with van der Waals surface area (Å²) in [6.45, 7) is -0.443. The summed E-state index contributed by atoms with van der Waals surface area (Å²) in [6.07, 6.45) is 0. The maximum Gasteiger partial charge on any atom is 1.00 e. The second-order valence-corrected chi connectivity index (χ2v) is 2.55. The van der Waals surface area contributed by atoms with E-state index in [1.165, 1.54) is 0 Å². The molecule has 0 bridgehead atoms. The van der Waals surface area contributed by atoms with Crippen LogP contribution in [0.5, 0.6) is 5.75 Å². The summed E-state index contributed by atoms with van der Waals surface area (Å²) in [6, 6.07) is 6.41. The largest absolute Gasteiger partial charge is 1.00 e. The average molecular weight is 227 g/mol. The van der Waals surface area contributed by atoms with E-state index in [-0.39, 0.29) is 35.0 Å². The number of carbonyl (C=O) groups is 1. The first-order valence-corrected chi connectivity index (χ1v) is 3.64. The van der Waals surface area contributed by atoms with Crippen LogP contribution in [0.25, 0.3) is 0 Å². The fourth-order valence-corrected chi connectivity index (χ4v) is 0.799. The minimum absolute atomic E-state index is 0. The average Bonchev–Trinajstić information content (AvgIpc) is 2.03. The number of carboxylic acids is 1. The molecule has 1 rings (SSSR count). The normalized spacial score (nSPS) is 8.07. The van der Waals surface area contributed by atoms with E-state index in [9.17, 15) is 9.90 Å². The van der Waals surface area contributed by atoms with Crippen molar-refractivity contribution in [3.63, 3.8) is 0 Å². The zero-order valence-corrected chi connectivity index (χ0v) is 10.4. The first-order chi connectivity index (χ1) is 5.68. The molecule has 0 saturated carbocycles. The number of hydrogen-bond acceptors (Lipinski definition) is 3. The second-order valence-electron chi connectivity index (χ2n) is 2.11. The van der Waals surface area contributed by atoms with Crippen LogP contribution in [0, 0.1) is 0 Å². The number of carboxylic acid groups (broad SMARTS) is 1. The number of halogens is 1. The van der Waals surface area contributed by atoms with Crippen LogP contribution in [0.2, 0.25) is 5.02 Å². The van der Waals surface area contributed by atoms with Gasteiger partial charge in [-0.05, 0) is 24.3 Å². The Morgan fingerprint density at radius 1 is 1.36 bits per heavy atom. The Labute approximate surface area is 108 Å². The van der Waals surface area contributed by atoms with Crippen LogP contribution in [0.3, 0.4) is 0 Å². The van der Waals surface area contributed by atoms with E-state index < -0.39 is 12.6 Å². The number of hydrogen-bond donors (Lipinski definition) is 0. The molecule has 0 aromatic heterocycles. The van der Waals surface area contributed by atoms with Gasteiger partial charge in [-0.2, -0.15) is 0 Å². The van der Waals surface area contributed by atoms with Crippen LogP contribution in [0.4, 0.5) is 0 Å². The van der Waals surface area contributed by atoms with Crippen molar-refractivity contribution in [2.24, 2.45) is 0 Å². The van der Waals surface area contributed by atoms with Gasteiger partial charge in [-0.25, -0.2) is 0 Å². The molecular formula is C8H8ClNaO4. The van der Waals surface area contributed by atoms with Gasteiger partial charge in [0.1, 0.15) is 12.4 Å². The molecule has 0 spiro atoms. The van der Waals surface area contributed by atoms with E-state index in [0.717, 1.165) is 0 Å². The second kappa shape index (κ2) is 8.08. The summed E-state index contributed by atoms with van der Waals surface area (Å²) in [5.41, 5.74) is 0.